The van der Waals surface area contributed by atoms with Crippen molar-refractivity contribution < 1.29 is 17.7 Å². The van der Waals surface area contributed by atoms with E-state index in [1.165, 1.54) is 0 Å². The summed E-state index contributed by atoms with van der Waals surface area (Å²) in [6.07, 6.45) is 4.75. The molecule has 6 rings (SSSR count). The second kappa shape index (κ2) is 11.1. The maximum Gasteiger partial charge on any atom is 0.265 e. The zero-order valence-corrected chi connectivity index (χ0v) is 25.0. The number of nitrogens with zero attached hydrogens (tertiary/aromatic N) is 4. The molecular formula is C32H32N6O4S. The summed E-state index contributed by atoms with van der Waals surface area (Å²) in [4.78, 5) is 16.8. The van der Waals surface area contributed by atoms with Crippen LogP contribution >= 0.6 is 0 Å². The highest BCUT2D eigenvalue weighted by Gasteiger charge is 2.24. The number of aryl methyl sites for hydroxylation is 2. The van der Waals surface area contributed by atoms with Crippen molar-refractivity contribution in [3.8, 4) is 5.69 Å². The van der Waals surface area contributed by atoms with Gasteiger partial charge >= 0.3 is 0 Å². The minimum atomic E-state index is -4.01. The molecule has 0 spiro atoms. The number of hydrogen-bond acceptors (Lipinski definition) is 6. The fourth-order valence-corrected chi connectivity index (χ4v) is 6.61. The van der Waals surface area contributed by atoms with Crippen molar-refractivity contribution in [1.29, 1.82) is 0 Å². The van der Waals surface area contributed by atoms with E-state index >= 15 is 0 Å². The lowest BCUT2D eigenvalue weighted by Gasteiger charge is -2.13. The van der Waals surface area contributed by atoms with Gasteiger partial charge in [0.25, 0.3) is 10.0 Å². The number of rotatable bonds is 10. The number of carbonyl (C=O) groups excluding carboxylic acids is 1. The fourth-order valence-electron chi connectivity index (χ4n) is 5.36. The van der Waals surface area contributed by atoms with E-state index in [4.69, 9.17) is 15.2 Å². The van der Waals surface area contributed by atoms with Gasteiger partial charge in [-0.3, -0.25) is 9.52 Å². The van der Waals surface area contributed by atoms with Gasteiger partial charge in [-0.1, -0.05) is 48.8 Å². The van der Waals surface area contributed by atoms with Gasteiger partial charge in [-0.25, -0.2) is 13.4 Å². The standard InChI is InChI=1S/C32H32N6O4S/c1-4-5-14-30-34-25-17-22(31(33)39)15-16-27(25)38(30)19-23-18-37(26-11-7-6-10-24(23)26)28-12-8-9-13-29(28)43(40,41)36-32-20(2)21(3)42-35-32/h6-13,15-18H,4-5,14,19H2,1-3H3,(H2,33,39)(H,35,36). The average Bonchev–Trinajstić information content (AvgIpc) is 3.65. The van der Waals surface area contributed by atoms with Crippen LogP contribution in [-0.4, -0.2) is 33.6 Å². The molecular weight excluding hydrogens is 564 g/mol. The van der Waals surface area contributed by atoms with Crippen LogP contribution in [-0.2, 0) is 23.0 Å². The number of carbonyl (C=O) groups is 1. The van der Waals surface area contributed by atoms with E-state index in [1.54, 1.807) is 44.2 Å². The highest BCUT2D eigenvalue weighted by molar-refractivity contribution is 7.92. The number of nitrogens with one attached hydrogen (secondary N) is 1. The Hall–Kier alpha value is -4.90. The largest absolute Gasteiger partial charge is 0.366 e. The molecule has 11 heteroatoms. The van der Waals surface area contributed by atoms with Crippen LogP contribution in [0, 0.1) is 13.8 Å². The number of amides is 1. The Bertz CT molecular complexity index is 2110. The van der Waals surface area contributed by atoms with Crippen molar-refractivity contribution in [1.82, 2.24) is 19.3 Å². The number of anilines is 1. The molecule has 43 heavy (non-hydrogen) atoms. The van der Waals surface area contributed by atoms with E-state index in [0.717, 1.165) is 47.1 Å². The lowest BCUT2D eigenvalue weighted by Crippen LogP contribution is -2.16. The molecule has 0 aliphatic heterocycles. The predicted molar refractivity (Wildman–Crippen MR) is 166 cm³/mol. The second-order valence-corrected chi connectivity index (χ2v) is 12.3. The first-order valence-corrected chi connectivity index (χ1v) is 15.6. The summed E-state index contributed by atoms with van der Waals surface area (Å²) in [7, 11) is -4.01. The third-order valence-electron chi connectivity index (χ3n) is 7.79. The van der Waals surface area contributed by atoms with Crippen molar-refractivity contribution in [2.75, 3.05) is 4.72 Å². The number of para-hydroxylation sites is 2. The van der Waals surface area contributed by atoms with Gasteiger partial charge in [-0.05, 0) is 62.2 Å². The predicted octanol–water partition coefficient (Wildman–Crippen LogP) is 5.88. The monoisotopic (exact) mass is 596 g/mol. The summed E-state index contributed by atoms with van der Waals surface area (Å²) in [6.45, 7) is 6.13. The van der Waals surface area contributed by atoms with Gasteiger partial charge in [0.2, 0.25) is 5.91 Å². The Morgan fingerprint density at radius 3 is 2.53 bits per heavy atom. The maximum atomic E-state index is 13.7. The van der Waals surface area contributed by atoms with Gasteiger partial charge in [0.05, 0.1) is 28.8 Å². The van der Waals surface area contributed by atoms with Gasteiger partial charge in [-0.2, -0.15) is 0 Å². The molecule has 3 N–H and O–H groups in total. The Morgan fingerprint density at radius 2 is 1.79 bits per heavy atom. The number of fused-ring (bicyclic) bond motifs is 2. The summed E-state index contributed by atoms with van der Waals surface area (Å²) in [5.74, 6) is 1.13. The average molecular weight is 597 g/mol. The summed E-state index contributed by atoms with van der Waals surface area (Å²) in [5, 5.41) is 4.88. The molecule has 0 bridgehead atoms. The quantitative estimate of drug-likeness (QED) is 0.203. The Morgan fingerprint density at radius 1 is 1.02 bits per heavy atom. The van der Waals surface area contributed by atoms with Crippen molar-refractivity contribution in [3.63, 3.8) is 0 Å². The molecule has 3 aromatic carbocycles. The van der Waals surface area contributed by atoms with Crippen LogP contribution in [0.25, 0.3) is 27.6 Å². The summed E-state index contributed by atoms with van der Waals surface area (Å²) >= 11 is 0. The van der Waals surface area contributed by atoms with Gasteiger partial charge in [0.1, 0.15) is 16.5 Å². The van der Waals surface area contributed by atoms with E-state index < -0.39 is 15.9 Å². The Balaban J connectivity index is 1.47. The molecule has 10 nitrogen and oxygen atoms in total. The van der Waals surface area contributed by atoms with Crippen LogP contribution in [0.3, 0.4) is 0 Å². The van der Waals surface area contributed by atoms with Crippen LogP contribution in [0.2, 0.25) is 0 Å². The van der Waals surface area contributed by atoms with Crippen LogP contribution in [0.1, 0.15) is 52.8 Å². The number of unbranched alkanes of at least 4 members (excludes halogenated alkanes) is 1. The Labute approximate surface area is 249 Å². The first kappa shape index (κ1) is 28.2. The molecule has 0 radical (unpaired) electrons. The van der Waals surface area contributed by atoms with Crippen molar-refractivity contribution in [3.05, 3.63) is 101 Å². The van der Waals surface area contributed by atoms with E-state index in [-0.39, 0.29) is 10.7 Å². The number of imidazole rings is 1. The summed E-state index contributed by atoms with van der Waals surface area (Å²) in [5.41, 5.74) is 10.6. The van der Waals surface area contributed by atoms with E-state index in [2.05, 4.69) is 21.4 Å². The zero-order valence-electron chi connectivity index (χ0n) is 24.2. The summed E-state index contributed by atoms with van der Waals surface area (Å²) in [6, 6.07) is 20.1. The molecule has 0 unspecified atom stereocenters. The topological polar surface area (TPSA) is 138 Å². The van der Waals surface area contributed by atoms with Crippen LogP contribution in [0.15, 0.2) is 82.3 Å². The molecule has 6 aromatic rings. The highest BCUT2D eigenvalue weighted by atomic mass is 32.2. The van der Waals surface area contributed by atoms with Gasteiger partial charge in [-0.15, -0.1) is 0 Å². The van der Waals surface area contributed by atoms with Crippen LogP contribution in [0.4, 0.5) is 5.82 Å². The first-order valence-electron chi connectivity index (χ1n) is 14.1. The molecule has 3 heterocycles. The third kappa shape index (κ3) is 5.16. The number of primary amides is 1. The van der Waals surface area contributed by atoms with E-state index in [0.29, 0.717) is 34.6 Å². The summed E-state index contributed by atoms with van der Waals surface area (Å²) < 4.78 is 39.2. The minimum Gasteiger partial charge on any atom is -0.366 e. The van der Waals surface area contributed by atoms with E-state index in [1.807, 2.05) is 47.2 Å². The zero-order chi connectivity index (χ0) is 30.3. The number of sulfonamides is 1. The highest BCUT2D eigenvalue weighted by Crippen LogP contribution is 2.31. The third-order valence-corrected chi connectivity index (χ3v) is 9.18. The van der Waals surface area contributed by atoms with Crippen LogP contribution < -0.4 is 10.5 Å². The molecule has 0 atom stereocenters. The van der Waals surface area contributed by atoms with Gasteiger partial charge in [0.15, 0.2) is 5.82 Å². The number of hydrogen-bond donors (Lipinski definition) is 2. The molecule has 3 aromatic heterocycles. The van der Waals surface area contributed by atoms with Crippen molar-refractivity contribution >= 4 is 43.7 Å². The van der Waals surface area contributed by atoms with E-state index in [9.17, 15) is 13.2 Å². The second-order valence-electron chi connectivity index (χ2n) is 10.6. The number of nitrogens with two attached hydrogens (primary N) is 1. The fraction of sp³-hybridized carbons (Fsp3) is 0.219. The Kier molecular flexibility index (Phi) is 7.26. The van der Waals surface area contributed by atoms with Gasteiger partial charge < -0.3 is 19.4 Å². The SMILES string of the molecule is CCCCc1nc2cc(C(N)=O)ccc2n1Cc1cn(-c2ccccc2S(=O)(=O)Nc2noc(C)c2C)c2ccccc12. The first-order chi connectivity index (χ1) is 20.7. The van der Waals surface area contributed by atoms with Gasteiger partial charge in [0, 0.05) is 29.1 Å². The molecule has 0 fully saturated rings. The molecule has 0 aliphatic carbocycles. The van der Waals surface area contributed by atoms with Crippen molar-refractivity contribution in [2.45, 2.75) is 51.5 Å². The molecule has 0 saturated heterocycles. The number of aromatic nitrogens is 4. The lowest BCUT2D eigenvalue weighted by molar-refractivity contribution is 0.100. The molecule has 0 saturated carbocycles. The molecule has 220 valence electrons. The normalized spacial score (nSPS) is 11.9. The number of benzene rings is 3. The smallest absolute Gasteiger partial charge is 0.265 e. The van der Waals surface area contributed by atoms with Crippen molar-refractivity contribution in [2.24, 2.45) is 5.73 Å². The maximum absolute atomic E-state index is 13.7. The lowest BCUT2D eigenvalue weighted by atomic mass is 10.1. The molecule has 0 aliphatic rings. The molecule has 1 amide bonds. The minimum absolute atomic E-state index is 0.109. The van der Waals surface area contributed by atoms with Crippen LogP contribution in [0.5, 0.6) is 0 Å².